The third-order valence-electron chi connectivity index (χ3n) is 3.76. The number of H-pyrrole nitrogens is 1. The van der Waals surface area contributed by atoms with Crippen LogP contribution in [0.4, 0.5) is 0 Å². The largest absolute Gasteiger partial charge is 0.490 e. The number of nitriles is 1. The molecule has 1 aromatic heterocycles. The number of aliphatic hydroxyl groups is 1. The lowest BCUT2D eigenvalue weighted by molar-refractivity contribution is -0.0461. The molecule has 0 spiro atoms. The average Bonchev–Trinajstić information content (AvgIpc) is 2.88. The van der Waals surface area contributed by atoms with Crippen LogP contribution in [0.1, 0.15) is 11.8 Å². The quantitative estimate of drug-likeness (QED) is 0.193. The summed E-state index contributed by atoms with van der Waals surface area (Å²) in [4.78, 5) is 50.0. The van der Waals surface area contributed by atoms with Crippen LogP contribution in [-0.2, 0) is 31.6 Å². The number of aliphatic hydroxyl groups excluding tert-OH is 1. The number of phosphoric ester groups is 1. The Labute approximate surface area is 178 Å². The number of aryl methyl sites for hydroxylation is 1. The van der Waals surface area contributed by atoms with Crippen molar-refractivity contribution in [3.8, 4) is 6.07 Å². The van der Waals surface area contributed by atoms with Crippen LogP contribution in [0.5, 0.6) is 0 Å². The van der Waals surface area contributed by atoms with Crippen LogP contribution in [0.2, 0.25) is 0 Å². The molecule has 1 aliphatic rings. The van der Waals surface area contributed by atoms with Gasteiger partial charge in [0.25, 0.3) is 0 Å². The van der Waals surface area contributed by atoms with Crippen LogP contribution in [0, 0.1) is 28.8 Å². The minimum Gasteiger partial charge on any atom is -0.389 e. The summed E-state index contributed by atoms with van der Waals surface area (Å²) in [5.74, 6) is -1.34. The van der Waals surface area contributed by atoms with Gasteiger partial charge in [0.2, 0.25) is 0 Å². The van der Waals surface area contributed by atoms with Crippen LogP contribution < -0.4 is 5.69 Å². The van der Waals surface area contributed by atoms with E-state index >= 15 is 0 Å². The lowest BCUT2D eigenvalue weighted by Gasteiger charge is -2.19. The molecule has 3 unspecified atom stereocenters. The summed E-state index contributed by atoms with van der Waals surface area (Å²) in [5.41, 5.74) is -0.317. The first-order valence-electron chi connectivity index (χ1n) is 7.89. The van der Waals surface area contributed by atoms with Crippen LogP contribution in [0.25, 0.3) is 0 Å². The molecule has 0 aliphatic carbocycles. The summed E-state index contributed by atoms with van der Waals surface area (Å²) in [6, 6.07) is 1.73. The molecule has 31 heavy (non-hydrogen) atoms. The molecule has 0 bridgehead atoms. The van der Waals surface area contributed by atoms with Crippen molar-refractivity contribution in [3.63, 3.8) is 0 Å². The molecule has 1 aromatic rings. The van der Waals surface area contributed by atoms with Crippen molar-refractivity contribution >= 4 is 35.7 Å². The molecule has 6 N–H and O–H groups in total. The van der Waals surface area contributed by atoms with E-state index in [0.717, 1.165) is 4.57 Å². The molecule has 0 aromatic carbocycles. The minimum atomic E-state index is -5.72. The second kappa shape index (κ2) is 9.42. The molecule has 1 fully saturated rings. The van der Waals surface area contributed by atoms with Gasteiger partial charge in [-0.3, -0.25) is 14.1 Å². The van der Waals surface area contributed by atoms with Crippen LogP contribution >= 0.6 is 35.7 Å². The van der Waals surface area contributed by atoms with Gasteiger partial charge in [-0.25, -0.2) is 18.5 Å². The van der Waals surface area contributed by atoms with Crippen molar-refractivity contribution in [1.29, 1.82) is 5.26 Å². The number of phosphoric acid groups is 3. The van der Waals surface area contributed by atoms with Gasteiger partial charge in [0.1, 0.15) is 22.8 Å². The molecule has 20 heteroatoms. The second-order valence-electron chi connectivity index (χ2n) is 6.08. The molecule has 1 saturated heterocycles. The van der Waals surface area contributed by atoms with Gasteiger partial charge in [0, 0.05) is 11.8 Å². The Balaban J connectivity index is 2.15. The predicted octanol–water partition coefficient (Wildman–Crippen LogP) is -0.0443. The number of nitrogens with one attached hydrogen (secondary N) is 1. The molecule has 2 rings (SSSR count). The molecular formula is C11H16N3O13P3S. The number of ether oxygens (including phenoxy) is 1. The smallest absolute Gasteiger partial charge is 0.389 e. The third kappa shape index (κ3) is 6.95. The summed E-state index contributed by atoms with van der Waals surface area (Å²) in [6.07, 6.45) is -3.21. The summed E-state index contributed by atoms with van der Waals surface area (Å²) in [6.45, 7) is 0.574. The summed E-state index contributed by atoms with van der Waals surface area (Å²) < 4.78 is 51.7. The first kappa shape index (κ1) is 26.2. The zero-order chi connectivity index (χ0) is 23.8. The minimum absolute atomic E-state index is 0.137. The average molecular weight is 523 g/mol. The van der Waals surface area contributed by atoms with Gasteiger partial charge in [0.05, 0.1) is 12.7 Å². The number of aromatic nitrogens is 2. The van der Waals surface area contributed by atoms with E-state index in [0.29, 0.717) is 5.56 Å². The molecule has 2 heterocycles. The number of hydrogen-bond acceptors (Lipinski definition) is 11. The SMILES string of the molecule is Cc1cn([C@H]2O[C@@H](COP(=O)(O)OP(=O)(O)OP(=O)(O)O)[C@@H](O)C2C#N)c(=O)[nH]c1=S. The Hall–Kier alpha value is -1.08. The first-order chi connectivity index (χ1) is 14.1. The maximum atomic E-state index is 12.1. The van der Waals surface area contributed by atoms with E-state index in [2.05, 4.69) is 18.1 Å². The van der Waals surface area contributed by atoms with E-state index in [1.165, 1.54) is 6.20 Å². The fourth-order valence-electron chi connectivity index (χ4n) is 2.51. The number of aromatic amines is 1. The zero-order valence-corrected chi connectivity index (χ0v) is 18.7. The fourth-order valence-corrected chi connectivity index (χ4v) is 5.68. The highest BCUT2D eigenvalue weighted by atomic mass is 32.1. The Morgan fingerprint density at radius 1 is 1.26 bits per heavy atom. The Kier molecular flexibility index (Phi) is 7.95. The van der Waals surface area contributed by atoms with Gasteiger partial charge in [-0.2, -0.15) is 13.9 Å². The van der Waals surface area contributed by atoms with Crippen molar-refractivity contribution in [1.82, 2.24) is 9.55 Å². The van der Waals surface area contributed by atoms with Crippen LogP contribution in [-0.4, -0.2) is 53.0 Å². The molecule has 0 amide bonds. The highest BCUT2D eigenvalue weighted by Gasteiger charge is 2.47. The predicted molar refractivity (Wildman–Crippen MR) is 99.5 cm³/mol. The standard InChI is InChI=1S/C11H16N3O13P3S/c1-5-3-14(11(16)13-9(5)31)10-6(2-12)8(15)7(25-10)4-24-29(20,21)27-30(22,23)26-28(17,18)19/h3,6-8,10,15H,4H2,1H3,(H,20,21)(H,22,23)(H,13,16,31)(H2,17,18,19)/t6?,7-,8-,10-/m0/s1. The van der Waals surface area contributed by atoms with Gasteiger partial charge in [0.15, 0.2) is 6.23 Å². The topological polar surface area (TPSA) is 251 Å². The van der Waals surface area contributed by atoms with Gasteiger partial charge >= 0.3 is 29.2 Å². The number of hydrogen-bond donors (Lipinski definition) is 6. The van der Waals surface area contributed by atoms with Gasteiger partial charge in [-0.15, -0.1) is 0 Å². The van der Waals surface area contributed by atoms with Gasteiger partial charge in [-0.1, -0.05) is 12.2 Å². The monoisotopic (exact) mass is 523 g/mol. The van der Waals surface area contributed by atoms with Crippen molar-refractivity contribution in [3.05, 3.63) is 26.9 Å². The van der Waals surface area contributed by atoms with E-state index in [1.54, 1.807) is 13.0 Å². The summed E-state index contributed by atoms with van der Waals surface area (Å²) >= 11 is 4.92. The van der Waals surface area contributed by atoms with Crippen LogP contribution in [0.15, 0.2) is 11.0 Å². The third-order valence-corrected chi connectivity index (χ3v) is 7.98. The maximum Gasteiger partial charge on any atom is 0.490 e. The first-order valence-corrected chi connectivity index (χ1v) is 12.8. The van der Waals surface area contributed by atoms with Crippen molar-refractivity contribution in [2.24, 2.45) is 5.92 Å². The fraction of sp³-hybridized carbons (Fsp3) is 0.545. The van der Waals surface area contributed by atoms with Gasteiger partial charge in [-0.05, 0) is 6.92 Å². The summed E-state index contributed by atoms with van der Waals surface area (Å²) in [5, 5.41) is 19.6. The Morgan fingerprint density at radius 2 is 1.87 bits per heavy atom. The second-order valence-corrected chi connectivity index (χ2v) is 10.9. The molecule has 16 nitrogen and oxygen atoms in total. The molecule has 0 radical (unpaired) electrons. The van der Waals surface area contributed by atoms with Crippen molar-refractivity contribution in [2.75, 3.05) is 6.61 Å². The molecule has 6 atom stereocenters. The normalized spacial score (nSPS) is 27.9. The van der Waals surface area contributed by atoms with E-state index in [1.807, 2.05) is 0 Å². The van der Waals surface area contributed by atoms with E-state index in [-0.39, 0.29) is 4.64 Å². The Bertz CT molecular complexity index is 1140. The lowest BCUT2D eigenvalue weighted by Crippen LogP contribution is -2.32. The zero-order valence-electron chi connectivity index (χ0n) is 15.2. The molecule has 0 saturated carbocycles. The molecule has 174 valence electrons. The van der Waals surface area contributed by atoms with Crippen molar-refractivity contribution < 1.29 is 56.3 Å². The number of rotatable bonds is 8. The van der Waals surface area contributed by atoms with Gasteiger partial charge < -0.3 is 29.4 Å². The van der Waals surface area contributed by atoms with E-state index < -0.39 is 60.1 Å². The van der Waals surface area contributed by atoms with Crippen LogP contribution in [0.3, 0.4) is 0 Å². The highest BCUT2D eigenvalue weighted by Crippen LogP contribution is 2.66. The van der Waals surface area contributed by atoms with Crippen molar-refractivity contribution in [2.45, 2.75) is 25.4 Å². The molecular weight excluding hydrogens is 507 g/mol. The number of nitrogens with zero attached hydrogens (tertiary/aromatic N) is 2. The van der Waals surface area contributed by atoms with E-state index in [4.69, 9.17) is 31.6 Å². The molecule has 1 aliphatic heterocycles. The Morgan fingerprint density at radius 3 is 2.42 bits per heavy atom. The summed E-state index contributed by atoms with van der Waals surface area (Å²) in [7, 11) is -16.7. The lowest BCUT2D eigenvalue weighted by atomic mass is 10.0. The highest BCUT2D eigenvalue weighted by molar-refractivity contribution is 7.71. The maximum absolute atomic E-state index is 12.1. The van der Waals surface area contributed by atoms with E-state index in [9.17, 15) is 33.8 Å².